The van der Waals surface area contributed by atoms with Gasteiger partial charge in [0.2, 0.25) is 0 Å². The molecule has 4 aromatic rings. The molecule has 0 aliphatic heterocycles. The summed E-state index contributed by atoms with van der Waals surface area (Å²) in [5.41, 5.74) is 3.71. The molecule has 0 aliphatic carbocycles. The van der Waals surface area contributed by atoms with Gasteiger partial charge in [0.1, 0.15) is 0 Å². The van der Waals surface area contributed by atoms with Crippen molar-refractivity contribution in [1.82, 2.24) is 13.9 Å². The van der Waals surface area contributed by atoms with Gasteiger partial charge in [-0.05, 0) is 43.7 Å². The smallest absolute Gasteiger partial charge is 0.297 e. The Balaban J connectivity index is 1.91. The van der Waals surface area contributed by atoms with Crippen molar-refractivity contribution in [3.05, 3.63) is 84.8 Å². The third-order valence-corrected chi connectivity index (χ3v) is 6.90. The highest BCUT2D eigenvalue weighted by molar-refractivity contribution is 7.07. The first-order valence-corrected chi connectivity index (χ1v) is 12.1. The van der Waals surface area contributed by atoms with Gasteiger partial charge < -0.3 is 4.57 Å². The van der Waals surface area contributed by atoms with Crippen LogP contribution in [0.15, 0.2) is 63.7 Å². The van der Waals surface area contributed by atoms with Crippen molar-refractivity contribution < 1.29 is 0 Å². The predicted molar refractivity (Wildman–Crippen MR) is 134 cm³/mol. The van der Waals surface area contributed by atoms with Crippen molar-refractivity contribution in [1.29, 1.82) is 0 Å². The fraction of sp³-hybridized carbons (Fsp3) is 0.250. The normalized spacial score (nSPS) is 12.0. The zero-order valence-electron chi connectivity index (χ0n) is 18.2. The summed E-state index contributed by atoms with van der Waals surface area (Å²) in [5.74, 6) is 0. The number of hydrogen-bond acceptors (Lipinski definition) is 3. The molecule has 2 aromatic carbocycles. The van der Waals surface area contributed by atoms with Crippen molar-refractivity contribution in [3.63, 3.8) is 0 Å². The largest absolute Gasteiger partial charge is 0.316 e. The second-order valence-electron chi connectivity index (χ2n) is 7.55. The predicted octanol–water partition coefficient (Wildman–Crippen LogP) is 6.35. The number of halogens is 2. The van der Waals surface area contributed by atoms with Gasteiger partial charge in [0.15, 0.2) is 10.5 Å². The van der Waals surface area contributed by atoms with Crippen LogP contribution in [0.3, 0.4) is 0 Å². The molecule has 0 radical (unpaired) electrons. The second kappa shape index (κ2) is 9.53. The van der Waals surface area contributed by atoms with Crippen molar-refractivity contribution >= 4 is 40.2 Å². The molecule has 0 bridgehead atoms. The van der Waals surface area contributed by atoms with Crippen LogP contribution in [0, 0.1) is 6.92 Å². The quantitative estimate of drug-likeness (QED) is 0.312. The molecule has 0 aliphatic rings. The van der Waals surface area contributed by atoms with E-state index in [1.54, 1.807) is 16.8 Å². The number of aromatic nitrogens is 3. The Morgan fingerprint density at radius 2 is 1.84 bits per heavy atom. The summed E-state index contributed by atoms with van der Waals surface area (Å²) in [7, 11) is 1.87. The molecule has 0 N–H and O–H groups in total. The van der Waals surface area contributed by atoms with Crippen LogP contribution in [-0.4, -0.2) is 13.9 Å². The topological polar surface area (TPSA) is 44.2 Å². The first-order valence-electron chi connectivity index (χ1n) is 10.4. The average molecular weight is 487 g/mol. The maximum absolute atomic E-state index is 13.3. The lowest BCUT2D eigenvalue weighted by Gasteiger charge is -2.10. The molecule has 0 fully saturated rings. The molecule has 32 heavy (non-hydrogen) atoms. The molecule has 5 nitrogen and oxygen atoms in total. The van der Waals surface area contributed by atoms with Gasteiger partial charge in [0.05, 0.1) is 22.1 Å². The number of thiazole rings is 1. The highest BCUT2D eigenvalue weighted by Crippen LogP contribution is 2.31. The van der Waals surface area contributed by atoms with E-state index in [1.165, 1.54) is 11.3 Å². The Morgan fingerprint density at radius 3 is 2.56 bits per heavy atom. The van der Waals surface area contributed by atoms with Gasteiger partial charge in [-0.1, -0.05) is 54.7 Å². The van der Waals surface area contributed by atoms with E-state index >= 15 is 0 Å². The van der Waals surface area contributed by atoms with Crippen LogP contribution in [0.2, 0.25) is 10.0 Å². The van der Waals surface area contributed by atoms with Gasteiger partial charge in [0.25, 0.3) is 5.56 Å². The van der Waals surface area contributed by atoms with E-state index in [-0.39, 0.29) is 5.56 Å². The first kappa shape index (κ1) is 22.6. The molecule has 166 valence electrons. The zero-order chi connectivity index (χ0) is 22.8. The highest BCUT2D eigenvalue weighted by Gasteiger charge is 2.17. The first-order chi connectivity index (χ1) is 15.4. The molecule has 0 spiro atoms. The number of unbranched alkanes of at least 4 members (excludes halogenated alkanes) is 1. The number of benzene rings is 2. The third kappa shape index (κ3) is 4.22. The third-order valence-electron chi connectivity index (χ3n) is 5.47. The molecule has 0 unspecified atom stereocenters. The summed E-state index contributed by atoms with van der Waals surface area (Å²) in [5, 5.41) is 3.28. The van der Waals surface area contributed by atoms with E-state index < -0.39 is 0 Å². The van der Waals surface area contributed by atoms with Crippen LogP contribution in [0.25, 0.3) is 16.9 Å². The lowest BCUT2D eigenvalue weighted by Crippen LogP contribution is -2.20. The summed E-state index contributed by atoms with van der Waals surface area (Å²) in [6.45, 7) is 4.84. The van der Waals surface area contributed by atoms with Crippen molar-refractivity contribution in [3.8, 4) is 16.9 Å². The van der Waals surface area contributed by atoms with E-state index in [9.17, 15) is 4.79 Å². The molecule has 4 rings (SSSR count). The van der Waals surface area contributed by atoms with Crippen LogP contribution in [0.4, 0.5) is 5.69 Å². The fourth-order valence-corrected chi connectivity index (χ4v) is 4.96. The van der Waals surface area contributed by atoms with Crippen LogP contribution >= 0.6 is 34.5 Å². The number of rotatable bonds is 6. The number of nitrogens with zero attached hydrogens (tertiary/aromatic N) is 4. The Bertz CT molecular complexity index is 1380. The Morgan fingerprint density at radius 1 is 1.09 bits per heavy atom. The van der Waals surface area contributed by atoms with Gasteiger partial charge in [-0.15, -0.1) is 11.3 Å². The van der Waals surface area contributed by atoms with E-state index in [4.69, 9.17) is 28.2 Å². The zero-order valence-corrected chi connectivity index (χ0v) is 20.5. The molecule has 2 aromatic heterocycles. The number of hydrogen-bond donors (Lipinski definition) is 0. The molecular formula is C24H24Cl2N4OS. The lowest BCUT2D eigenvalue weighted by molar-refractivity contribution is 0.623. The highest BCUT2D eigenvalue weighted by atomic mass is 35.5. The Hall–Kier alpha value is -2.54. The summed E-state index contributed by atoms with van der Waals surface area (Å²) < 4.78 is 5.62. The molecule has 0 saturated carbocycles. The minimum atomic E-state index is -0.144. The monoisotopic (exact) mass is 486 g/mol. The Kier molecular flexibility index (Phi) is 6.74. The summed E-state index contributed by atoms with van der Waals surface area (Å²) >= 11 is 14.2. The standard InChI is InChI=1S/C24H24Cl2N4OS/c1-4-5-13-29-21(19-14-17(25)11-12-20(19)26)15-32-24(29)27-22-16(2)28(3)30(23(22)31)18-9-7-6-8-10-18/h6-12,14-15H,4-5,13H2,1-3H3. The van der Waals surface area contributed by atoms with E-state index in [0.29, 0.717) is 15.7 Å². The Labute approximate surface area is 200 Å². The van der Waals surface area contributed by atoms with Crippen LogP contribution < -0.4 is 10.4 Å². The molecular weight excluding hydrogens is 463 g/mol. The van der Waals surface area contributed by atoms with Crippen molar-refractivity contribution in [2.75, 3.05) is 0 Å². The van der Waals surface area contributed by atoms with Gasteiger partial charge in [0, 0.05) is 29.6 Å². The molecule has 2 heterocycles. The number of para-hydroxylation sites is 1. The SMILES string of the molecule is CCCCn1c(-c2cc(Cl)ccc2Cl)csc1=Nc1c(C)n(C)n(-c2ccccc2)c1=O. The van der Waals surface area contributed by atoms with Crippen molar-refractivity contribution in [2.45, 2.75) is 33.2 Å². The van der Waals surface area contributed by atoms with Gasteiger partial charge in [-0.2, -0.15) is 0 Å². The fourth-order valence-electron chi connectivity index (χ4n) is 3.64. The van der Waals surface area contributed by atoms with E-state index in [2.05, 4.69) is 11.5 Å². The van der Waals surface area contributed by atoms with Crippen LogP contribution in [-0.2, 0) is 13.6 Å². The van der Waals surface area contributed by atoms with E-state index in [0.717, 1.165) is 46.8 Å². The summed E-state index contributed by atoms with van der Waals surface area (Å²) in [6, 6.07) is 15.0. The van der Waals surface area contributed by atoms with Crippen molar-refractivity contribution in [2.24, 2.45) is 12.0 Å². The molecule has 0 amide bonds. The molecule has 8 heteroatoms. The molecule has 0 atom stereocenters. The van der Waals surface area contributed by atoms with E-state index in [1.807, 2.05) is 60.4 Å². The summed E-state index contributed by atoms with van der Waals surface area (Å²) in [4.78, 5) is 18.9. The minimum absolute atomic E-state index is 0.144. The van der Waals surface area contributed by atoms with Crippen LogP contribution in [0.1, 0.15) is 25.5 Å². The van der Waals surface area contributed by atoms with Gasteiger partial charge >= 0.3 is 0 Å². The molecule has 0 saturated heterocycles. The maximum Gasteiger partial charge on any atom is 0.297 e. The minimum Gasteiger partial charge on any atom is -0.316 e. The summed E-state index contributed by atoms with van der Waals surface area (Å²) in [6.07, 6.45) is 2.02. The maximum atomic E-state index is 13.3. The van der Waals surface area contributed by atoms with Gasteiger partial charge in [-0.3, -0.25) is 9.48 Å². The van der Waals surface area contributed by atoms with Gasteiger partial charge in [-0.25, -0.2) is 9.67 Å². The van der Waals surface area contributed by atoms with Crippen LogP contribution in [0.5, 0.6) is 0 Å². The average Bonchev–Trinajstić information content (AvgIpc) is 3.28. The lowest BCUT2D eigenvalue weighted by atomic mass is 10.1. The second-order valence-corrected chi connectivity index (χ2v) is 9.23.